The fourth-order valence-electron chi connectivity index (χ4n) is 2.81. The Morgan fingerprint density at radius 1 is 0.955 bits per heavy atom. The minimum absolute atomic E-state index is 0.441. The highest BCUT2D eigenvalue weighted by molar-refractivity contribution is 5.53. The first-order valence-corrected chi connectivity index (χ1v) is 7.89. The molecule has 2 nitrogen and oxygen atoms in total. The Kier molecular flexibility index (Phi) is 4.59. The van der Waals surface area contributed by atoms with Gasteiger partial charge in [0.2, 0.25) is 0 Å². The van der Waals surface area contributed by atoms with Crippen molar-refractivity contribution >= 4 is 5.69 Å². The van der Waals surface area contributed by atoms with Crippen molar-refractivity contribution in [2.45, 2.75) is 19.3 Å². The van der Waals surface area contributed by atoms with Gasteiger partial charge in [0.05, 0.1) is 5.70 Å². The first-order valence-electron chi connectivity index (χ1n) is 7.89. The maximum Gasteiger partial charge on any atom is 0.0574 e. The molecule has 0 aromatic heterocycles. The molecule has 0 bridgehead atoms. The van der Waals surface area contributed by atoms with Crippen LogP contribution in [0.15, 0.2) is 84.2 Å². The van der Waals surface area contributed by atoms with Crippen LogP contribution < -0.4 is 10.6 Å². The van der Waals surface area contributed by atoms with Crippen molar-refractivity contribution in [2.75, 3.05) is 11.9 Å². The lowest BCUT2D eigenvalue weighted by atomic mass is 9.89. The maximum absolute atomic E-state index is 3.52. The number of nitrogens with one attached hydrogen (secondary N) is 2. The summed E-state index contributed by atoms with van der Waals surface area (Å²) in [5.74, 6) is 0.441. The predicted molar refractivity (Wildman–Crippen MR) is 93.7 cm³/mol. The maximum atomic E-state index is 3.52. The molecule has 1 aliphatic carbocycles. The molecule has 0 amide bonds. The van der Waals surface area contributed by atoms with E-state index in [-0.39, 0.29) is 0 Å². The second-order valence-electron chi connectivity index (χ2n) is 5.49. The number of benzene rings is 2. The molecule has 2 N–H and O–H groups in total. The zero-order valence-corrected chi connectivity index (χ0v) is 12.9. The van der Waals surface area contributed by atoms with Gasteiger partial charge in [0, 0.05) is 23.8 Å². The van der Waals surface area contributed by atoms with Crippen LogP contribution in [-0.2, 0) is 0 Å². The Labute approximate surface area is 132 Å². The summed E-state index contributed by atoms with van der Waals surface area (Å²) in [5.41, 5.74) is 4.94. The van der Waals surface area contributed by atoms with Crippen LogP contribution in [0, 0.1) is 0 Å². The van der Waals surface area contributed by atoms with Crippen molar-refractivity contribution in [2.24, 2.45) is 0 Å². The average Bonchev–Trinajstić information content (AvgIpc) is 2.58. The molecule has 0 aliphatic heterocycles. The summed E-state index contributed by atoms with van der Waals surface area (Å²) in [6.45, 7) is 3.08. The van der Waals surface area contributed by atoms with E-state index in [1.807, 2.05) is 6.07 Å². The van der Waals surface area contributed by atoms with Gasteiger partial charge in [0.1, 0.15) is 0 Å². The molecule has 22 heavy (non-hydrogen) atoms. The molecule has 0 saturated carbocycles. The van der Waals surface area contributed by atoms with Gasteiger partial charge in [-0.05, 0) is 37.1 Å². The third kappa shape index (κ3) is 3.40. The van der Waals surface area contributed by atoms with E-state index in [1.165, 1.54) is 17.0 Å². The van der Waals surface area contributed by atoms with Gasteiger partial charge in [0.25, 0.3) is 0 Å². The lowest BCUT2D eigenvalue weighted by Crippen LogP contribution is -2.21. The van der Waals surface area contributed by atoms with E-state index in [9.17, 15) is 0 Å². The first-order chi connectivity index (χ1) is 10.9. The van der Waals surface area contributed by atoms with E-state index < -0.39 is 0 Å². The number of hydrogen-bond donors (Lipinski definition) is 2. The Morgan fingerprint density at radius 3 is 2.32 bits per heavy atom. The van der Waals surface area contributed by atoms with Gasteiger partial charge < -0.3 is 10.6 Å². The summed E-state index contributed by atoms with van der Waals surface area (Å²) < 4.78 is 0. The summed E-state index contributed by atoms with van der Waals surface area (Å²) in [4.78, 5) is 0. The molecule has 0 saturated heterocycles. The van der Waals surface area contributed by atoms with Crippen LogP contribution in [0.1, 0.15) is 24.8 Å². The number of hydrogen-bond acceptors (Lipinski definition) is 2. The standard InChI is InChI=1S/C20H22N2/c1-2-21-20-15-17(16-9-5-3-6-10-16)13-14-19(20)22-18-11-7-4-8-12-18/h3-14,17,21-22H,2,15H2,1H3. The Balaban J connectivity index is 1.81. The number of allylic oxidation sites excluding steroid dienone is 3. The summed E-state index contributed by atoms with van der Waals surface area (Å²) in [6.07, 6.45) is 5.50. The van der Waals surface area contributed by atoms with Crippen LogP contribution in [0.25, 0.3) is 0 Å². The molecule has 0 fully saturated rings. The van der Waals surface area contributed by atoms with Crippen LogP contribution in [0.3, 0.4) is 0 Å². The summed E-state index contributed by atoms with van der Waals surface area (Å²) >= 11 is 0. The van der Waals surface area contributed by atoms with Crippen LogP contribution in [0.4, 0.5) is 5.69 Å². The topological polar surface area (TPSA) is 24.1 Å². The van der Waals surface area contributed by atoms with Crippen LogP contribution >= 0.6 is 0 Å². The number of rotatable bonds is 5. The molecule has 2 aromatic rings. The van der Waals surface area contributed by atoms with Crippen LogP contribution in [-0.4, -0.2) is 6.54 Å². The third-order valence-corrected chi connectivity index (χ3v) is 3.92. The highest BCUT2D eigenvalue weighted by Crippen LogP contribution is 2.30. The van der Waals surface area contributed by atoms with E-state index in [2.05, 4.69) is 84.3 Å². The van der Waals surface area contributed by atoms with Crippen molar-refractivity contribution in [1.29, 1.82) is 0 Å². The van der Waals surface area contributed by atoms with E-state index in [0.29, 0.717) is 5.92 Å². The van der Waals surface area contributed by atoms with E-state index in [1.54, 1.807) is 0 Å². The van der Waals surface area contributed by atoms with Crippen LogP contribution in [0.2, 0.25) is 0 Å². The minimum Gasteiger partial charge on any atom is -0.387 e. The second kappa shape index (κ2) is 6.99. The Hall–Kier alpha value is -2.48. The van der Waals surface area contributed by atoms with Crippen molar-refractivity contribution in [3.63, 3.8) is 0 Å². The molecule has 112 valence electrons. The lowest BCUT2D eigenvalue weighted by Gasteiger charge is -2.24. The molecular weight excluding hydrogens is 268 g/mol. The summed E-state index contributed by atoms with van der Waals surface area (Å²) in [7, 11) is 0. The molecule has 2 aromatic carbocycles. The van der Waals surface area contributed by atoms with E-state index in [4.69, 9.17) is 0 Å². The summed E-state index contributed by atoms with van der Waals surface area (Å²) in [5, 5.41) is 7.04. The van der Waals surface area contributed by atoms with Gasteiger partial charge in [-0.2, -0.15) is 0 Å². The molecule has 1 aliphatic rings. The molecule has 1 atom stereocenters. The molecule has 3 rings (SSSR count). The molecule has 2 heteroatoms. The predicted octanol–water partition coefficient (Wildman–Crippen LogP) is 4.66. The third-order valence-electron chi connectivity index (χ3n) is 3.92. The first kappa shape index (κ1) is 14.5. The van der Waals surface area contributed by atoms with Crippen molar-refractivity contribution in [3.05, 3.63) is 89.8 Å². The van der Waals surface area contributed by atoms with Gasteiger partial charge in [-0.1, -0.05) is 54.6 Å². The normalized spacial score (nSPS) is 17.4. The number of anilines is 1. The largest absolute Gasteiger partial charge is 0.387 e. The van der Waals surface area contributed by atoms with E-state index >= 15 is 0 Å². The highest BCUT2D eigenvalue weighted by atomic mass is 15.0. The lowest BCUT2D eigenvalue weighted by molar-refractivity contribution is 0.709. The summed E-state index contributed by atoms with van der Waals surface area (Å²) in [6, 6.07) is 21.0. The quantitative estimate of drug-likeness (QED) is 0.836. The molecule has 0 heterocycles. The molecular formula is C20H22N2. The zero-order chi connectivity index (χ0) is 15.2. The van der Waals surface area contributed by atoms with Crippen molar-refractivity contribution < 1.29 is 0 Å². The SMILES string of the molecule is CCNC1=C(Nc2ccccc2)C=CC(c2ccccc2)C1. The highest BCUT2D eigenvalue weighted by Gasteiger charge is 2.17. The van der Waals surface area contributed by atoms with Crippen LogP contribution in [0.5, 0.6) is 0 Å². The fraction of sp³-hybridized carbons (Fsp3) is 0.200. The fourth-order valence-corrected chi connectivity index (χ4v) is 2.81. The number of para-hydroxylation sites is 1. The average molecular weight is 290 g/mol. The monoisotopic (exact) mass is 290 g/mol. The van der Waals surface area contributed by atoms with Gasteiger partial charge in [-0.3, -0.25) is 0 Å². The minimum atomic E-state index is 0.441. The van der Waals surface area contributed by atoms with Gasteiger partial charge in [-0.15, -0.1) is 0 Å². The van der Waals surface area contributed by atoms with Gasteiger partial charge in [0.15, 0.2) is 0 Å². The zero-order valence-electron chi connectivity index (χ0n) is 12.9. The Bertz CT molecular complexity index is 657. The molecule has 0 radical (unpaired) electrons. The van der Waals surface area contributed by atoms with E-state index in [0.717, 1.165) is 18.7 Å². The van der Waals surface area contributed by atoms with Gasteiger partial charge >= 0.3 is 0 Å². The van der Waals surface area contributed by atoms with Crippen molar-refractivity contribution in [3.8, 4) is 0 Å². The Morgan fingerprint density at radius 2 is 1.64 bits per heavy atom. The smallest absolute Gasteiger partial charge is 0.0574 e. The second-order valence-corrected chi connectivity index (χ2v) is 5.49. The molecule has 0 spiro atoms. The molecule has 1 unspecified atom stereocenters. The van der Waals surface area contributed by atoms with Gasteiger partial charge in [-0.25, -0.2) is 0 Å². The van der Waals surface area contributed by atoms with Crippen molar-refractivity contribution in [1.82, 2.24) is 5.32 Å².